The molecule has 0 aromatic heterocycles. The molecule has 124 valence electrons. The molecule has 0 aliphatic heterocycles. The quantitative estimate of drug-likeness (QED) is 0.380. The molecule has 21 heavy (non-hydrogen) atoms. The maximum atomic E-state index is 11.4. The molecule has 0 aromatic carbocycles. The lowest BCUT2D eigenvalue weighted by Crippen LogP contribution is -2.23. The zero-order valence-electron chi connectivity index (χ0n) is 13.0. The minimum atomic E-state index is -0.584. The summed E-state index contributed by atoms with van der Waals surface area (Å²) in [5.41, 5.74) is 0. The number of hydrogen-bond donors (Lipinski definition) is 0. The van der Waals surface area contributed by atoms with Gasteiger partial charge in [0.25, 0.3) is 0 Å². The SMILES string of the molecule is COC(COC(=O)CCCC(=O)OCC(OC)OC)OC. The van der Waals surface area contributed by atoms with E-state index in [0.29, 0.717) is 6.42 Å². The first-order valence-corrected chi connectivity index (χ1v) is 6.49. The second kappa shape index (κ2) is 12.5. The van der Waals surface area contributed by atoms with Gasteiger partial charge in [0, 0.05) is 41.3 Å². The summed E-state index contributed by atoms with van der Waals surface area (Å²) in [4.78, 5) is 22.8. The molecule has 0 saturated heterocycles. The standard InChI is InChI=1S/C13H24O8/c1-16-12(17-2)8-20-10(14)6-5-7-11(15)21-9-13(18-3)19-4/h12-13H,5-9H2,1-4H3. The van der Waals surface area contributed by atoms with Crippen LogP contribution in [-0.2, 0) is 38.0 Å². The molecule has 0 aliphatic rings. The van der Waals surface area contributed by atoms with Gasteiger partial charge in [0.15, 0.2) is 12.6 Å². The van der Waals surface area contributed by atoms with Gasteiger partial charge in [-0.2, -0.15) is 0 Å². The first-order chi connectivity index (χ1) is 10.1. The van der Waals surface area contributed by atoms with Gasteiger partial charge in [0.2, 0.25) is 0 Å². The van der Waals surface area contributed by atoms with Crippen LogP contribution in [0.3, 0.4) is 0 Å². The highest BCUT2D eigenvalue weighted by Gasteiger charge is 2.12. The van der Waals surface area contributed by atoms with Gasteiger partial charge in [-0.15, -0.1) is 0 Å². The molecular formula is C13H24O8. The van der Waals surface area contributed by atoms with Crippen LogP contribution >= 0.6 is 0 Å². The van der Waals surface area contributed by atoms with E-state index in [-0.39, 0.29) is 26.1 Å². The van der Waals surface area contributed by atoms with Gasteiger partial charge in [0.05, 0.1) is 0 Å². The molecule has 0 rings (SSSR count). The van der Waals surface area contributed by atoms with Gasteiger partial charge in [-0.05, 0) is 6.42 Å². The Morgan fingerprint density at radius 3 is 1.33 bits per heavy atom. The summed E-state index contributed by atoms with van der Waals surface area (Å²) in [6.07, 6.45) is -0.592. The van der Waals surface area contributed by atoms with Crippen molar-refractivity contribution < 1.29 is 38.0 Å². The smallest absolute Gasteiger partial charge is 0.305 e. The van der Waals surface area contributed by atoms with Crippen molar-refractivity contribution in [3.63, 3.8) is 0 Å². The lowest BCUT2D eigenvalue weighted by atomic mass is 10.2. The van der Waals surface area contributed by atoms with Gasteiger partial charge in [0.1, 0.15) is 13.2 Å². The highest BCUT2D eigenvalue weighted by Crippen LogP contribution is 2.02. The van der Waals surface area contributed by atoms with Crippen LogP contribution in [0.4, 0.5) is 0 Å². The molecule has 0 aromatic rings. The third-order valence-corrected chi connectivity index (χ3v) is 2.57. The second-order valence-electron chi connectivity index (χ2n) is 4.02. The van der Waals surface area contributed by atoms with Crippen molar-refractivity contribution in [3.8, 4) is 0 Å². The highest BCUT2D eigenvalue weighted by molar-refractivity contribution is 5.72. The van der Waals surface area contributed by atoms with Crippen LogP contribution in [0.15, 0.2) is 0 Å². The molecule has 0 aliphatic carbocycles. The van der Waals surface area contributed by atoms with E-state index < -0.39 is 24.5 Å². The second-order valence-corrected chi connectivity index (χ2v) is 4.02. The van der Waals surface area contributed by atoms with Crippen LogP contribution in [0.1, 0.15) is 19.3 Å². The Kier molecular flexibility index (Phi) is 11.8. The van der Waals surface area contributed by atoms with E-state index in [4.69, 9.17) is 28.4 Å². The monoisotopic (exact) mass is 308 g/mol. The summed E-state index contributed by atoms with van der Waals surface area (Å²) in [7, 11) is 5.80. The Hall–Kier alpha value is -1.22. The average Bonchev–Trinajstić information content (AvgIpc) is 2.49. The largest absolute Gasteiger partial charge is 0.460 e. The summed E-state index contributed by atoms with van der Waals surface area (Å²) in [5, 5.41) is 0. The summed E-state index contributed by atoms with van der Waals surface area (Å²) >= 11 is 0. The van der Waals surface area contributed by atoms with Crippen LogP contribution in [-0.4, -0.2) is 66.2 Å². The van der Waals surface area contributed by atoms with Crippen molar-refractivity contribution in [3.05, 3.63) is 0 Å². The third kappa shape index (κ3) is 10.2. The van der Waals surface area contributed by atoms with Crippen molar-refractivity contribution in [2.45, 2.75) is 31.8 Å². The molecule has 0 unspecified atom stereocenters. The number of carbonyl (C=O) groups excluding carboxylic acids is 2. The number of methoxy groups -OCH3 is 4. The molecule has 0 N–H and O–H groups in total. The summed E-state index contributed by atoms with van der Waals surface area (Å²) < 4.78 is 29.3. The number of carbonyl (C=O) groups is 2. The lowest BCUT2D eigenvalue weighted by molar-refractivity contribution is -0.168. The van der Waals surface area contributed by atoms with E-state index in [1.807, 2.05) is 0 Å². The van der Waals surface area contributed by atoms with E-state index in [0.717, 1.165) is 0 Å². The van der Waals surface area contributed by atoms with Gasteiger partial charge in [-0.3, -0.25) is 9.59 Å². The van der Waals surface area contributed by atoms with Crippen molar-refractivity contribution in [2.24, 2.45) is 0 Å². The fourth-order valence-electron chi connectivity index (χ4n) is 1.31. The Balaban J connectivity index is 3.68. The number of rotatable bonds is 12. The molecule has 0 radical (unpaired) electrons. The zero-order valence-corrected chi connectivity index (χ0v) is 13.0. The maximum absolute atomic E-state index is 11.4. The van der Waals surface area contributed by atoms with Crippen molar-refractivity contribution in [1.82, 2.24) is 0 Å². The molecule has 0 bridgehead atoms. The highest BCUT2D eigenvalue weighted by atomic mass is 16.7. The normalized spacial score (nSPS) is 11.0. The molecule has 0 heterocycles. The van der Waals surface area contributed by atoms with Gasteiger partial charge in [-0.1, -0.05) is 0 Å². The molecule has 0 spiro atoms. The molecule has 0 fully saturated rings. The van der Waals surface area contributed by atoms with Gasteiger partial charge in [-0.25, -0.2) is 0 Å². The summed E-state index contributed by atoms with van der Waals surface area (Å²) in [5.74, 6) is -0.845. The Bertz CT molecular complexity index is 258. The molecular weight excluding hydrogens is 284 g/mol. The van der Waals surface area contributed by atoms with Crippen LogP contribution in [0.5, 0.6) is 0 Å². The lowest BCUT2D eigenvalue weighted by Gasteiger charge is -2.14. The fraction of sp³-hybridized carbons (Fsp3) is 0.846. The molecule has 0 saturated carbocycles. The predicted molar refractivity (Wildman–Crippen MR) is 71.4 cm³/mol. The molecule has 8 heteroatoms. The third-order valence-electron chi connectivity index (χ3n) is 2.57. The molecule has 0 amide bonds. The van der Waals surface area contributed by atoms with Gasteiger partial charge < -0.3 is 28.4 Å². The first kappa shape index (κ1) is 19.8. The topological polar surface area (TPSA) is 89.5 Å². The van der Waals surface area contributed by atoms with Crippen LogP contribution < -0.4 is 0 Å². The van der Waals surface area contributed by atoms with Crippen molar-refractivity contribution >= 4 is 11.9 Å². The van der Waals surface area contributed by atoms with Gasteiger partial charge >= 0.3 is 11.9 Å². The first-order valence-electron chi connectivity index (χ1n) is 6.49. The minimum Gasteiger partial charge on any atom is -0.460 e. The Labute approximate surface area is 124 Å². The average molecular weight is 308 g/mol. The zero-order chi connectivity index (χ0) is 16.1. The molecule has 0 atom stereocenters. The van der Waals surface area contributed by atoms with Crippen molar-refractivity contribution in [1.29, 1.82) is 0 Å². The summed E-state index contributed by atoms with van der Waals surface area (Å²) in [6.45, 7) is 0.0271. The van der Waals surface area contributed by atoms with Crippen LogP contribution in [0.25, 0.3) is 0 Å². The Morgan fingerprint density at radius 2 is 1.05 bits per heavy atom. The predicted octanol–water partition coefficient (Wildman–Crippen LogP) is 0.481. The summed E-state index contributed by atoms with van der Waals surface area (Å²) in [6, 6.07) is 0. The number of hydrogen-bond acceptors (Lipinski definition) is 8. The van der Waals surface area contributed by atoms with Crippen LogP contribution in [0.2, 0.25) is 0 Å². The van der Waals surface area contributed by atoms with E-state index in [9.17, 15) is 9.59 Å². The van der Waals surface area contributed by atoms with Crippen molar-refractivity contribution in [2.75, 3.05) is 41.7 Å². The fourth-order valence-corrected chi connectivity index (χ4v) is 1.31. The number of ether oxygens (including phenoxy) is 6. The maximum Gasteiger partial charge on any atom is 0.305 e. The van der Waals surface area contributed by atoms with Crippen LogP contribution in [0, 0.1) is 0 Å². The van der Waals surface area contributed by atoms with E-state index in [1.165, 1.54) is 28.4 Å². The van der Waals surface area contributed by atoms with E-state index >= 15 is 0 Å². The number of esters is 2. The minimum absolute atomic E-state index is 0.0135. The van der Waals surface area contributed by atoms with E-state index in [2.05, 4.69) is 0 Å². The van der Waals surface area contributed by atoms with E-state index in [1.54, 1.807) is 0 Å². The Morgan fingerprint density at radius 1 is 0.714 bits per heavy atom. The molecule has 8 nitrogen and oxygen atoms in total.